The third-order valence-corrected chi connectivity index (χ3v) is 5.05. The minimum Gasteiger partial charge on any atom is -0.369 e. The summed E-state index contributed by atoms with van der Waals surface area (Å²) in [5, 5.41) is 0. The highest BCUT2D eigenvalue weighted by molar-refractivity contribution is 5.92. The molecule has 0 saturated carbocycles. The minimum absolute atomic E-state index is 0.0670. The molecule has 1 saturated heterocycles. The highest BCUT2D eigenvalue weighted by Gasteiger charge is 2.32. The first-order valence-electron chi connectivity index (χ1n) is 8.55. The number of aromatic nitrogens is 1. The SMILES string of the molecule is O=C(c1cccc(=O)[nH]1)N1CCCC1CN1CCc2ccccc21. The van der Waals surface area contributed by atoms with Crippen molar-refractivity contribution in [1.82, 2.24) is 9.88 Å². The van der Waals surface area contributed by atoms with Gasteiger partial charge in [0.25, 0.3) is 5.91 Å². The molecule has 1 N–H and O–H groups in total. The van der Waals surface area contributed by atoms with Crippen molar-refractivity contribution in [3.05, 3.63) is 64.1 Å². The number of para-hydroxylation sites is 1. The van der Waals surface area contributed by atoms with Crippen molar-refractivity contribution in [3.8, 4) is 0 Å². The first-order chi connectivity index (χ1) is 11.7. The summed E-state index contributed by atoms with van der Waals surface area (Å²) < 4.78 is 0. The van der Waals surface area contributed by atoms with E-state index in [1.165, 1.54) is 17.3 Å². The Hall–Kier alpha value is -2.56. The predicted molar refractivity (Wildman–Crippen MR) is 93.5 cm³/mol. The molecule has 2 aromatic rings. The van der Waals surface area contributed by atoms with E-state index in [0.717, 1.165) is 38.9 Å². The minimum atomic E-state index is -0.231. The largest absolute Gasteiger partial charge is 0.369 e. The highest BCUT2D eigenvalue weighted by atomic mass is 16.2. The van der Waals surface area contributed by atoms with Gasteiger partial charge in [0, 0.05) is 37.4 Å². The molecule has 5 nitrogen and oxygen atoms in total. The molecule has 5 heteroatoms. The van der Waals surface area contributed by atoms with E-state index in [0.29, 0.717) is 5.69 Å². The highest BCUT2D eigenvalue weighted by Crippen LogP contribution is 2.30. The van der Waals surface area contributed by atoms with Gasteiger partial charge < -0.3 is 14.8 Å². The fraction of sp³-hybridized carbons (Fsp3) is 0.368. The predicted octanol–water partition coefficient (Wildman–Crippen LogP) is 2.04. The third-order valence-electron chi connectivity index (χ3n) is 5.05. The van der Waals surface area contributed by atoms with E-state index in [1.807, 2.05) is 4.90 Å². The number of carbonyl (C=O) groups is 1. The topological polar surface area (TPSA) is 56.4 Å². The van der Waals surface area contributed by atoms with E-state index in [1.54, 1.807) is 12.1 Å². The van der Waals surface area contributed by atoms with Crippen LogP contribution in [0.1, 0.15) is 28.9 Å². The maximum absolute atomic E-state index is 12.8. The summed E-state index contributed by atoms with van der Waals surface area (Å²) in [7, 11) is 0. The van der Waals surface area contributed by atoms with E-state index in [2.05, 4.69) is 34.1 Å². The van der Waals surface area contributed by atoms with E-state index in [-0.39, 0.29) is 17.5 Å². The molecule has 4 rings (SSSR count). The van der Waals surface area contributed by atoms with E-state index < -0.39 is 0 Å². The molecule has 124 valence electrons. The van der Waals surface area contributed by atoms with Crippen molar-refractivity contribution in [2.45, 2.75) is 25.3 Å². The lowest BCUT2D eigenvalue weighted by molar-refractivity contribution is 0.0734. The monoisotopic (exact) mass is 323 g/mol. The Morgan fingerprint density at radius 3 is 2.88 bits per heavy atom. The normalized spacial score (nSPS) is 19.6. The van der Waals surface area contributed by atoms with Gasteiger partial charge in [-0.25, -0.2) is 0 Å². The molecule has 2 aliphatic rings. The average molecular weight is 323 g/mol. The zero-order valence-electron chi connectivity index (χ0n) is 13.6. The molecule has 0 bridgehead atoms. The number of nitrogens with zero attached hydrogens (tertiary/aromatic N) is 2. The van der Waals surface area contributed by atoms with Gasteiger partial charge >= 0.3 is 0 Å². The fourth-order valence-electron chi connectivity index (χ4n) is 3.87. The Balaban J connectivity index is 1.52. The van der Waals surface area contributed by atoms with Gasteiger partial charge in [-0.1, -0.05) is 24.3 Å². The summed E-state index contributed by atoms with van der Waals surface area (Å²) in [6.07, 6.45) is 3.10. The molecule has 0 radical (unpaired) electrons. The number of likely N-dealkylation sites (tertiary alicyclic amines) is 1. The summed E-state index contributed by atoms with van der Waals surface area (Å²) in [5.41, 5.74) is 2.84. The van der Waals surface area contributed by atoms with Gasteiger partial charge in [-0.15, -0.1) is 0 Å². The summed E-state index contributed by atoms with van der Waals surface area (Å²) in [4.78, 5) is 31.2. The first-order valence-corrected chi connectivity index (χ1v) is 8.55. The Morgan fingerprint density at radius 2 is 2.00 bits per heavy atom. The quantitative estimate of drug-likeness (QED) is 0.940. The van der Waals surface area contributed by atoms with Gasteiger partial charge in [-0.2, -0.15) is 0 Å². The van der Waals surface area contributed by atoms with Crippen LogP contribution >= 0.6 is 0 Å². The van der Waals surface area contributed by atoms with Crippen molar-refractivity contribution in [2.75, 3.05) is 24.5 Å². The van der Waals surface area contributed by atoms with Crippen LogP contribution in [0.4, 0.5) is 5.69 Å². The van der Waals surface area contributed by atoms with Crippen LogP contribution in [-0.4, -0.2) is 41.5 Å². The summed E-state index contributed by atoms with van der Waals surface area (Å²) in [6.45, 7) is 2.63. The fourth-order valence-corrected chi connectivity index (χ4v) is 3.87. The maximum atomic E-state index is 12.8. The number of hydrogen-bond donors (Lipinski definition) is 1. The molecule has 3 heterocycles. The number of carbonyl (C=O) groups excluding carboxylic acids is 1. The van der Waals surface area contributed by atoms with Crippen molar-refractivity contribution >= 4 is 11.6 Å². The zero-order valence-corrected chi connectivity index (χ0v) is 13.6. The van der Waals surface area contributed by atoms with Gasteiger partial charge in [0.1, 0.15) is 5.69 Å². The molecule has 1 fully saturated rings. The summed E-state index contributed by atoms with van der Waals surface area (Å²) in [5.74, 6) is -0.0670. The number of fused-ring (bicyclic) bond motifs is 1. The second-order valence-corrected chi connectivity index (χ2v) is 6.55. The molecule has 1 aromatic heterocycles. The number of nitrogens with one attached hydrogen (secondary N) is 1. The zero-order chi connectivity index (χ0) is 16.5. The molecule has 1 atom stereocenters. The van der Waals surface area contributed by atoms with Crippen molar-refractivity contribution in [1.29, 1.82) is 0 Å². The Labute approximate surface area is 140 Å². The molecule has 1 aromatic carbocycles. The van der Waals surface area contributed by atoms with E-state index in [9.17, 15) is 9.59 Å². The Kier molecular flexibility index (Phi) is 3.84. The van der Waals surface area contributed by atoms with E-state index >= 15 is 0 Å². The van der Waals surface area contributed by atoms with Crippen LogP contribution in [0.5, 0.6) is 0 Å². The van der Waals surface area contributed by atoms with Crippen molar-refractivity contribution < 1.29 is 4.79 Å². The summed E-state index contributed by atoms with van der Waals surface area (Å²) >= 11 is 0. The molecule has 2 aliphatic heterocycles. The van der Waals surface area contributed by atoms with Crippen LogP contribution in [0.2, 0.25) is 0 Å². The average Bonchev–Trinajstić information content (AvgIpc) is 3.22. The van der Waals surface area contributed by atoms with Gasteiger partial charge in [0.2, 0.25) is 5.56 Å². The number of rotatable bonds is 3. The molecular weight excluding hydrogens is 302 g/mol. The smallest absolute Gasteiger partial charge is 0.270 e. The number of aromatic amines is 1. The first kappa shape index (κ1) is 15.0. The lowest BCUT2D eigenvalue weighted by Crippen LogP contribution is -2.43. The Bertz CT molecular complexity index is 814. The Morgan fingerprint density at radius 1 is 1.12 bits per heavy atom. The summed E-state index contributed by atoms with van der Waals surface area (Å²) in [6, 6.07) is 13.5. The van der Waals surface area contributed by atoms with Crippen LogP contribution < -0.4 is 10.5 Å². The van der Waals surface area contributed by atoms with Gasteiger partial charge in [-0.05, 0) is 37.0 Å². The molecule has 0 aliphatic carbocycles. The second-order valence-electron chi connectivity index (χ2n) is 6.55. The molecule has 1 unspecified atom stereocenters. The standard InChI is InChI=1S/C19H21N3O2/c23-18-9-3-7-16(20-18)19(24)22-11-4-6-15(22)13-21-12-10-14-5-1-2-8-17(14)21/h1-3,5,7-9,15H,4,6,10-13H2,(H,20,23). The van der Waals surface area contributed by atoms with E-state index in [4.69, 9.17) is 0 Å². The third kappa shape index (κ3) is 2.70. The number of pyridine rings is 1. The number of amides is 1. The van der Waals surface area contributed by atoms with Crippen molar-refractivity contribution in [3.63, 3.8) is 0 Å². The van der Waals surface area contributed by atoms with Crippen LogP contribution in [0.15, 0.2) is 47.3 Å². The van der Waals surface area contributed by atoms with Gasteiger partial charge in [0.05, 0.1) is 0 Å². The van der Waals surface area contributed by atoms with Crippen LogP contribution in [0.25, 0.3) is 0 Å². The molecule has 0 spiro atoms. The molecule has 24 heavy (non-hydrogen) atoms. The number of benzene rings is 1. The van der Waals surface area contributed by atoms with Crippen LogP contribution in [0, 0.1) is 0 Å². The number of anilines is 1. The van der Waals surface area contributed by atoms with Gasteiger partial charge in [-0.3, -0.25) is 9.59 Å². The van der Waals surface area contributed by atoms with Gasteiger partial charge in [0.15, 0.2) is 0 Å². The molecule has 1 amide bonds. The molecular formula is C19H21N3O2. The van der Waals surface area contributed by atoms with Crippen molar-refractivity contribution in [2.24, 2.45) is 0 Å². The maximum Gasteiger partial charge on any atom is 0.270 e. The lowest BCUT2D eigenvalue weighted by atomic mass is 10.1. The van der Waals surface area contributed by atoms with Crippen LogP contribution in [-0.2, 0) is 6.42 Å². The lowest BCUT2D eigenvalue weighted by Gasteiger charge is -2.30. The number of hydrogen-bond acceptors (Lipinski definition) is 3. The second kappa shape index (κ2) is 6.15. The number of H-pyrrole nitrogens is 1. The van der Waals surface area contributed by atoms with Crippen LogP contribution in [0.3, 0.4) is 0 Å².